The number of carbonyl (C=O) groups is 3. The van der Waals surface area contributed by atoms with Crippen molar-refractivity contribution in [2.45, 2.75) is 44.6 Å². The highest BCUT2D eigenvalue weighted by molar-refractivity contribution is 7.13. The molecule has 1 saturated heterocycles. The smallest absolute Gasteiger partial charge is 0.322 e. The van der Waals surface area contributed by atoms with Gasteiger partial charge >= 0.3 is 6.03 Å². The number of carbonyl (C=O) groups excluding carboxylic acids is 3. The number of aromatic nitrogens is 1. The average Bonchev–Trinajstić information content (AvgIpc) is 3.27. The molecule has 1 aliphatic heterocycles. The van der Waals surface area contributed by atoms with E-state index >= 15 is 0 Å². The number of rotatable bonds is 5. The first-order chi connectivity index (χ1) is 13.9. The van der Waals surface area contributed by atoms with Crippen molar-refractivity contribution >= 4 is 29.2 Å². The Bertz CT molecular complexity index is 930. The SMILES string of the molecule is Cc1ccc(-c2nc(CCNC(=O)C3CCC4(CC3)NC(=O)NC4=O)cs2)cc1. The third-order valence-electron chi connectivity index (χ3n) is 5.76. The largest absolute Gasteiger partial charge is 0.355 e. The molecular weight excluding hydrogens is 388 g/mol. The lowest BCUT2D eigenvalue weighted by molar-refractivity contribution is -0.130. The van der Waals surface area contributed by atoms with E-state index in [0.29, 0.717) is 38.6 Å². The monoisotopic (exact) mass is 412 g/mol. The third kappa shape index (κ3) is 4.17. The second kappa shape index (κ2) is 7.94. The van der Waals surface area contributed by atoms with Crippen molar-refractivity contribution in [3.8, 4) is 10.6 Å². The highest BCUT2D eigenvalue weighted by atomic mass is 32.1. The Balaban J connectivity index is 1.24. The van der Waals surface area contributed by atoms with Gasteiger partial charge in [-0.25, -0.2) is 9.78 Å². The Labute approximate surface area is 173 Å². The molecule has 2 aliphatic rings. The molecule has 1 aromatic carbocycles. The van der Waals surface area contributed by atoms with Gasteiger partial charge in [0.1, 0.15) is 10.5 Å². The van der Waals surface area contributed by atoms with E-state index in [-0.39, 0.29) is 17.7 Å². The molecule has 1 aromatic heterocycles. The minimum Gasteiger partial charge on any atom is -0.355 e. The average molecular weight is 413 g/mol. The molecule has 4 amide bonds. The lowest BCUT2D eigenvalue weighted by atomic mass is 9.76. The molecule has 1 saturated carbocycles. The first-order valence-electron chi connectivity index (χ1n) is 9.88. The number of aryl methyl sites for hydroxylation is 1. The molecular formula is C21H24N4O3S. The maximum Gasteiger partial charge on any atom is 0.322 e. The molecule has 3 N–H and O–H groups in total. The number of benzene rings is 1. The Morgan fingerprint density at radius 3 is 2.62 bits per heavy atom. The van der Waals surface area contributed by atoms with Crippen LogP contribution in [0.3, 0.4) is 0 Å². The lowest BCUT2D eigenvalue weighted by Crippen LogP contribution is -2.51. The topological polar surface area (TPSA) is 100 Å². The van der Waals surface area contributed by atoms with Gasteiger partial charge in [0.2, 0.25) is 5.91 Å². The van der Waals surface area contributed by atoms with Crippen molar-refractivity contribution in [2.24, 2.45) is 5.92 Å². The second-order valence-electron chi connectivity index (χ2n) is 7.82. The normalized spacial score (nSPS) is 23.7. The van der Waals surface area contributed by atoms with E-state index in [2.05, 4.69) is 52.1 Å². The summed E-state index contributed by atoms with van der Waals surface area (Å²) in [5.74, 6) is -0.377. The fourth-order valence-electron chi connectivity index (χ4n) is 3.96. The van der Waals surface area contributed by atoms with E-state index < -0.39 is 11.6 Å². The molecule has 0 atom stereocenters. The van der Waals surface area contributed by atoms with Crippen molar-refractivity contribution in [1.29, 1.82) is 0 Å². The van der Waals surface area contributed by atoms with Gasteiger partial charge in [0, 0.05) is 29.8 Å². The molecule has 2 heterocycles. The summed E-state index contributed by atoms with van der Waals surface area (Å²) in [5.41, 5.74) is 2.48. The third-order valence-corrected chi connectivity index (χ3v) is 6.70. The van der Waals surface area contributed by atoms with Gasteiger partial charge in [-0.1, -0.05) is 29.8 Å². The quantitative estimate of drug-likeness (QED) is 0.657. The Hall–Kier alpha value is -2.74. The number of amides is 4. The Kier molecular flexibility index (Phi) is 5.36. The van der Waals surface area contributed by atoms with Crippen LogP contribution in [-0.2, 0) is 16.0 Å². The van der Waals surface area contributed by atoms with Gasteiger partial charge in [-0.05, 0) is 32.6 Å². The van der Waals surface area contributed by atoms with Gasteiger partial charge in [0.15, 0.2) is 0 Å². The second-order valence-corrected chi connectivity index (χ2v) is 8.67. The van der Waals surface area contributed by atoms with Crippen molar-refractivity contribution < 1.29 is 14.4 Å². The summed E-state index contributed by atoms with van der Waals surface area (Å²) >= 11 is 1.61. The van der Waals surface area contributed by atoms with E-state index in [1.54, 1.807) is 11.3 Å². The van der Waals surface area contributed by atoms with Gasteiger partial charge in [0.05, 0.1) is 5.69 Å². The molecule has 2 aromatic rings. The zero-order chi connectivity index (χ0) is 20.4. The molecule has 2 fully saturated rings. The molecule has 152 valence electrons. The summed E-state index contributed by atoms with van der Waals surface area (Å²) in [6, 6.07) is 7.86. The van der Waals surface area contributed by atoms with Gasteiger partial charge < -0.3 is 10.6 Å². The van der Waals surface area contributed by atoms with E-state index in [4.69, 9.17) is 0 Å². The summed E-state index contributed by atoms with van der Waals surface area (Å²) in [7, 11) is 0. The van der Waals surface area contributed by atoms with Crippen LogP contribution in [0.4, 0.5) is 4.79 Å². The minimum absolute atomic E-state index is 0.0126. The standard InChI is InChI=1S/C21H24N4O3S/c1-13-2-4-15(5-3-13)18-23-16(12-29-18)8-11-22-17(26)14-6-9-21(10-7-14)19(27)24-20(28)25-21/h2-5,12,14H,6-11H2,1H3,(H,22,26)(H2,24,25,27,28). The van der Waals surface area contributed by atoms with Crippen molar-refractivity contribution in [2.75, 3.05) is 6.54 Å². The molecule has 1 spiro atoms. The number of hydrogen-bond acceptors (Lipinski definition) is 5. The molecule has 0 bridgehead atoms. The zero-order valence-corrected chi connectivity index (χ0v) is 17.1. The van der Waals surface area contributed by atoms with Crippen LogP contribution in [0.15, 0.2) is 29.6 Å². The van der Waals surface area contributed by atoms with Crippen LogP contribution in [0, 0.1) is 12.8 Å². The minimum atomic E-state index is -0.819. The fraction of sp³-hybridized carbons (Fsp3) is 0.429. The van der Waals surface area contributed by atoms with Crippen LogP contribution in [-0.4, -0.2) is 34.9 Å². The Morgan fingerprint density at radius 2 is 1.97 bits per heavy atom. The summed E-state index contributed by atoms with van der Waals surface area (Å²) < 4.78 is 0. The predicted octanol–water partition coefficient (Wildman–Crippen LogP) is 2.55. The molecule has 0 radical (unpaired) electrons. The van der Waals surface area contributed by atoms with Crippen molar-refractivity contribution in [1.82, 2.24) is 20.9 Å². The van der Waals surface area contributed by atoms with Crippen molar-refractivity contribution in [3.05, 3.63) is 40.9 Å². The summed E-state index contributed by atoms with van der Waals surface area (Å²) in [5, 5.41) is 11.0. The van der Waals surface area contributed by atoms with Crippen LogP contribution < -0.4 is 16.0 Å². The Morgan fingerprint density at radius 1 is 1.24 bits per heavy atom. The van der Waals surface area contributed by atoms with Crippen molar-refractivity contribution in [3.63, 3.8) is 0 Å². The summed E-state index contributed by atoms with van der Waals surface area (Å²) in [6.45, 7) is 2.60. The number of nitrogens with one attached hydrogen (secondary N) is 3. The van der Waals surface area contributed by atoms with E-state index in [0.717, 1.165) is 16.3 Å². The summed E-state index contributed by atoms with van der Waals surface area (Å²) in [6.07, 6.45) is 2.86. The van der Waals surface area contributed by atoms with E-state index in [1.165, 1.54) is 5.56 Å². The number of nitrogens with zero attached hydrogens (tertiary/aromatic N) is 1. The number of imide groups is 1. The predicted molar refractivity (Wildman–Crippen MR) is 110 cm³/mol. The van der Waals surface area contributed by atoms with Crippen LogP contribution in [0.1, 0.15) is 36.9 Å². The number of urea groups is 1. The first-order valence-corrected chi connectivity index (χ1v) is 10.8. The molecule has 8 heteroatoms. The fourth-order valence-corrected chi connectivity index (χ4v) is 4.82. The maximum absolute atomic E-state index is 12.5. The van der Waals surface area contributed by atoms with E-state index in [1.807, 2.05) is 5.38 Å². The highest BCUT2D eigenvalue weighted by Gasteiger charge is 2.48. The van der Waals surface area contributed by atoms with Gasteiger partial charge in [-0.3, -0.25) is 14.9 Å². The first kappa shape index (κ1) is 19.6. The van der Waals surface area contributed by atoms with Crippen LogP contribution in [0.5, 0.6) is 0 Å². The molecule has 4 rings (SSSR count). The van der Waals surface area contributed by atoms with Crippen LogP contribution in [0.25, 0.3) is 10.6 Å². The number of hydrogen-bond donors (Lipinski definition) is 3. The van der Waals surface area contributed by atoms with Gasteiger partial charge in [0.25, 0.3) is 5.91 Å². The maximum atomic E-state index is 12.5. The number of thiazole rings is 1. The zero-order valence-electron chi connectivity index (χ0n) is 16.3. The van der Waals surface area contributed by atoms with Gasteiger partial charge in [-0.15, -0.1) is 11.3 Å². The molecule has 29 heavy (non-hydrogen) atoms. The van der Waals surface area contributed by atoms with Crippen LogP contribution in [0.2, 0.25) is 0 Å². The van der Waals surface area contributed by atoms with E-state index in [9.17, 15) is 14.4 Å². The lowest BCUT2D eigenvalue weighted by Gasteiger charge is -2.33. The molecule has 0 unspecified atom stereocenters. The van der Waals surface area contributed by atoms with Gasteiger partial charge in [-0.2, -0.15) is 0 Å². The highest BCUT2D eigenvalue weighted by Crippen LogP contribution is 2.34. The molecule has 7 nitrogen and oxygen atoms in total. The molecule has 1 aliphatic carbocycles. The summed E-state index contributed by atoms with van der Waals surface area (Å²) in [4.78, 5) is 40.5. The van der Waals surface area contributed by atoms with Crippen LogP contribution >= 0.6 is 11.3 Å².